The quantitative estimate of drug-likeness (QED) is 0.631. The van der Waals surface area contributed by atoms with Gasteiger partial charge in [-0.05, 0) is 17.7 Å². The van der Waals surface area contributed by atoms with Crippen molar-refractivity contribution < 1.29 is 14.4 Å². The van der Waals surface area contributed by atoms with Gasteiger partial charge in [-0.25, -0.2) is 0 Å². The molecule has 0 N–H and O–H groups in total. The molecule has 0 spiro atoms. The van der Waals surface area contributed by atoms with Gasteiger partial charge < -0.3 is 9.47 Å². The SMILES string of the molecule is COc1ccc([N+](=O)[O-])cc1Oc1nc(Cl)nnc1Cl. The molecule has 0 saturated carbocycles. The lowest BCUT2D eigenvalue weighted by Crippen LogP contribution is -1.97. The molecule has 0 unspecified atom stereocenters. The van der Waals surface area contributed by atoms with E-state index in [-0.39, 0.29) is 33.5 Å². The Morgan fingerprint density at radius 1 is 1.25 bits per heavy atom. The third kappa shape index (κ3) is 3.03. The molecule has 0 fully saturated rings. The van der Waals surface area contributed by atoms with Crippen molar-refractivity contribution in [3.8, 4) is 17.4 Å². The van der Waals surface area contributed by atoms with Gasteiger partial charge in [0.25, 0.3) is 11.6 Å². The summed E-state index contributed by atoms with van der Waals surface area (Å²) in [7, 11) is 1.39. The number of aromatic nitrogens is 3. The highest BCUT2D eigenvalue weighted by Gasteiger charge is 2.16. The Balaban J connectivity index is 2.43. The van der Waals surface area contributed by atoms with Crippen LogP contribution in [0.3, 0.4) is 0 Å². The van der Waals surface area contributed by atoms with Gasteiger partial charge in [0.05, 0.1) is 18.1 Å². The first-order valence-corrected chi connectivity index (χ1v) is 5.83. The minimum Gasteiger partial charge on any atom is -0.493 e. The Morgan fingerprint density at radius 2 is 2.00 bits per heavy atom. The van der Waals surface area contributed by atoms with E-state index in [0.717, 1.165) is 0 Å². The molecule has 20 heavy (non-hydrogen) atoms. The molecule has 1 aromatic carbocycles. The molecule has 0 aliphatic heterocycles. The molecule has 8 nitrogen and oxygen atoms in total. The molecule has 0 aliphatic rings. The maximum Gasteiger partial charge on any atom is 0.273 e. The number of ether oxygens (including phenoxy) is 2. The van der Waals surface area contributed by atoms with Crippen LogP contribution in [0.25, 0.3) is 0 Å². The van der Waals surface area contributed by atoms with Gasteiger partial charge in [-0.1, -0.05) is 11.6 Å². The van der Waals surface area contributed by atoms with Crippen LogP contribution in [0, 0.1) is 10.1 Å². The zero-order valence-corrected chi connectivity index (χ0v) is 11.4. The molecule has 2 aromatic rings. The average Bonchev–Trinajstić information content (AvgIpc) is 2.42. The summed E-state index contributed by atoms with van der Waals surface area (Å²) in [6, 6.07) is 3.83. The van der Waals surface area contributed by atoms with Gasteiger partial charge in [0, 0.05) is 6.07 Å². The molecule has 0 amide bonds. The lowest BCUT2D eigenvalue weighted by molar-refractivity contribution is -0.384. The van der Waals surface area contributed by atoms with E-state index in [1.807, 2.05) is 0 Å². The Bertz CT molecular complexity index is 668. The minimum atomic E-state index is -0.570. The molecule has 0 aliphatic carbocycles. The summed E-state index contributed by atoms with van der Waals surface area (Å²) >= 11 is 11.3. The first-order chi connectivity index (χ1) is 9.51. The number of methoxy groups -OCH3 is 1. The summed E-state index contributed by atoms with van der Waals surface area (Å²) in [5, 5.41) is 17.4. The number of nitrogens with zero attached hydrogens (tertiary/aromatic N) is 4. The Morgan fingerprint density at radius 3 is 2.65 bits per heavy atom. The van der Waals surface area contributed by atoms with E-state index in [2.05, 4.69) is 15.2 Å². The average molecular weight is 317 g/mol. The molecule has 0 saturated heterocycles. The van der Waals surface area contributed by atoms with Crippen molar-refractivity contribution in [2.75, 3.05) is 7.11 Å². The molecular formula is C10H6Cl2N4O4. The fourth-order valence-electron chi connectivity index (χ4n) is 1.31. The monoisotopic (exact) mass is 316 g/mol. The lowest BCUT2D eigenvalue weighted by atomic mass is 10.3. The van der Waals surface area contributed by atoms with Crippen LogP contribution in [-0.4, -0.2) is 27.2 Å². The minimum absolute atomic E-state index is 0.0557. The predicted octanol–water partition coefficient (Wildman–Crippen LogP) is 2.89. The molecule has 0 bridgehead atoms. The van der Waals surface area contributed by atoms with Crippen molar-refractivity contribution in [2.24, 2.45) is 0 Å². The van der Waals surface area contributed by atoms with E-state index >= 15 is 0 Å². The smallest absolute Gasteiger partial charge is 0.273 e. The van der Waals surface area contributed by atoms with Crippen molar-refractivity contribution in [2.45, 2.75) is 0 Å². The first kappa shape index (κ1) is 14.2. The highest BCUT2D eigenvalue weighted by Crippen LogP contribution is 2.35. The van der Waals surface area contributed by atoms with Gasteiger partial charge in [-0.2, -0.15) is 4.98 Å². The number of hydrogen-bond donors (Lipinski definition) is 0. The Hall–Kier alpha value is -2.19. The number of rotatable bonds is 4. The zero-order valence-electron chi connectivity index (χ0n) is 9.91. The topological polar surface area (TPSA) is 100 Å². The summed E-state index contributed by atoms with van der Waals surface area (Å²) < 4.78 is 10.4. The van der Waals surface area contributed by atoms with Crippen LogP contribution in [0.4, 0.5) is 5.69 Å². The fourth-order valence-corrected chi connectivity index (χ4v) is 1.54. The van der Waals surface area contributed by atoms with Crippen LogP contribution >= 0.6 is 23.2 Å². The number of non-ortho nitro benzene ring substituents is 1. The standard InChI is InChI=1S/C10H6Cl2N4O4/c1-19-6-3-2-5(16(17)18)4-7(6)20-9-8(11)14-15-10(12)13-9/h2-4H,1H3. The van der Waals surface area contributed by atoms with Crippen LogP contribution in [0.2, 0.25) is 10.4 Å². The second kappa shape index (κ2) is 5.85. The summed E-state index contributed by atoms with van der Waals surface area (Å²) in [6.45, 7) is 0. The van der Waals surface area contributed by atoms with E-state index in [9.17, 15) is 10.1 Å². The number of benzene rings is 1. The van der Waals surface area contributed by atoms with E-state index in [1.54, 1.807) is 0 Å². The normalized spacial score (nSPS) is 10.2. The van der Waals surface area contributed by atoms with Gasteiger partial charge in [0.1, 0.15) is 0 Å². The lowest BCUT2D eigenvalue weighted by Gasteiger charge is -2.09. The van der Waals surface area contributed by atoms with E-state index < -0.39 is 4.92 Å². The Kier molecular flexibility index (Phi) is 4.16. The second-order valence-corrected chi connectivity index (χ2v) is 4.07. The Labute approximate surface area is 122 Å². The van der Waals surface area contributed by atoms with Crippen molar-refractivity contribution in [1.82, 2.24) is 15.2 Å². The summed E-state index contributed by atoms with van der Waals surface area (Å²) in [4.78, 5) is 13.9. The van der Waals surface area contributed by atoms with E-state index in [0.29, 0.717) is 0 Å². The number of nitro benzene ring substituents is 1. The van der Waals surface area contributed by atoms with Crippen molar-refractivity contribution in [1.29, 1.82) is 0 Å². The molecule has 10 heteroatoms. The zero-order chi connectivity index (χ0) is 14.7. The predicted molar refractivity (Wildman–Crippen MR) is 69.6 cm³/mol. The highest BCUT2D eigenvalue weighted by atomic mass is 35.5. The maximum absolute atomic E-state index is 10.8. The van der Waals surface area contributed by atoms with Crippen molar-refractivity contribution in [3.63, 3.8) is 0 Å². The van der Waals surface area contributed by atoms with Crippen LogP contribution in [-0.2, 0) is 0 Å². The van der Waals surface area contributed by atoms with E-state index in [1.165, 1.54) is 25.3 Å². The molecule has 2 rings (SSSR count). The van der Waals surface area contributed by atoms with Crippen molar-refractivity contribution in [3.05, 3.63) is 38.8 Å². The molecule has 104 valence electrons. The van der Waals surface area contributed by atoms with Crippen molar-refractivity contribution >= 4 is 28.9 Å². The molecular weight excluding hydrogens is 311 g/mol. The van der Waals surface area contributed by atoms with E-state index in [4.69, 9.17) is 32.7 Å². The van der Waals surface area contributed by atoms with Gasteiger partial charge in [0.2, 0.25) is 10.4 Å². The molecule has 0 radical (unpaired) electrons. The summed E-state index contributed by atoms with van der Waals surface area (Å²) in [5.41, 5.74) is -0.176. The largest absolute Gasteiger partial charge is 0.493 e. The van der Waals surface area contributed by atoms with Crippen LogP contribution in [0.5, 0.6) is 17.4 Å². The van der Waals surface area contributed by atoms with Crippen LogP contribution < -0.4 is 9.47 Å². The third-order valence-electron chi connectivity index (χ3n) is 2.16. The molecule has 1 heterocycles. The van der Waals surface area contributed by atoms with Gasteiger partial charge in [-0.15, -0.1) is 10.2 Å². The van der Waals surface area contributed by atoms with Gasteiger partial charge in [0.15, 0.2) is 11.5 Å². The third-order valence-corrected chi connectivity index (χ3v) is 2.55. The number of nitro groups is 1. The van der Waals surface area contributed by atoms with Crippen LogP contribution in [0.1, 0.15) is 0 Å². The number of halogens is 2. The van der Waals surface area contributed by atoms with Gasteiger partial charge in [-0.3, -0.25) is 10.1 Å². The molecule has 1 aromatic heterocycles. The van der Waals surface area contributed by atoms with Crippen LogP contribution in [0.15, 0.2) is 18.2 Å². The first-order valence-electron chi connectivity index (χ1n) is 5.07. The molecule has 0 atom stereocenters. The summed E-state index contributed by atoms with van der Waals surface area (Å²) in [5.74, 6) is 0.187. The summed E-state index contributed by atoms with van der Waals surface area (Å²) in [6.07, 6.45) is 0. The fraction of sp³-hybridized carbons (Fsp3) is 0.100. The second-order valence-electron chi connectivity index (χ2n) is 3.37. The van der Waals surface area contributed by atoms with Gasteiger partial charge >= 0.3 is 0 Å². The highest BCUT2D eigenvalue weighted by molar-refractivity contribution is 6.31. The number of hydrogen-bond acceptors (Lipinski definition) is 7. The maximum atomic E-state index is 10.8.